The third-order valence-electron chi connectivity index (χ3n) is 2.79. The van der Waals surface area contributed by atoms with Crippen LogP contribution in [-0.2, 0) is 4.79 Å². The first-order valence-electron chi connectivity index (χ1n) is 4.60. The van der Waals surface area contributed by atoms with Gasteiger partial charge in [0.15, 0.2) is 5.82 Å². The Morgan fingerprint density at radius 2 is 2.57 bits per heavy atom. The number of carbonyl (C=O) groups is 1. The fraction of sp³-hybridized carbons (Fsp3) is 0.556. The Morgan fingerprint density at radius 3 is 3.07 bits per heavy atom. The number of carboxylic acid groups (broad SMARTS) is 1. The molecule has 0 spiro atoms. The Kier molecular flexibility index (Phi) is 2.15. The van der Waals surface area contributed by atoms with Crippen molar-refractivity contribution in [2.45, 2.75) is 19.4 Å². The number of aliphatic carboxylic acids is 1. The van der Waals surface area contributed by atoms with Crippen LogP contribution in [0.25, 0.3) is 0 Å². The smallest absolute Gasteiger partial charge is 0.308 e. The van der Waals surface area contributed by atoms with Gasteiger partial charge in [0.05, 0.1) is 5.92 Å². The van der Waals surface area contributed by atoms with Crippen LogP contribution < -0.4 is 4.90 Å². The van der Waals surface area contributed by atoms with E-state index in [2.05, 4.69) is 5.16 Å². The monoisotopic (exact) mass is 196 g/mol. The van der Waals surface area contributed by atoms with Gasteiger partial charge >= 0.3 is 5.97 Å². The Balaban J connectivity index is 2.15. The Hall–Kier alpha value is -1.52. The van der Waals surface area contributed by atoms with Crippen molar-refractivity contribution in [2.75, 3.05) is 11.4 Å². The molecule has 1 aliphatic rings. The van der Waals surface area contributed by atoms with Gasteiger partial charge in [0.25, 0.3) is 0 Å². The molecule has 1 saturated heterocycles. The lowest BCUT2D eigenvalue weighted by molar-refractivity contribution is -0.141. The van der Waals surface area contributed by atoms with Crippen molar-refractivity contribution in [3.05, 3.63) is 12.3 Å². The van der Waals surface area contributed by atoms with Gasteiger partial charge in [-0.3, -0.25) is 4.79 Å². The normalized spacial score (nSPS) is 26.8. The predicted octanol–water partition coefficient (Wildman–Crippen LogP) is 0.974. The molecule has 2 heterocycles. The van der Waals surface area contributed by atoms with Crippen LogP contribution >= 0.6 is 0 Å². The molecule has 1 aromatic rings. The van der Waals surface area contributed by atoms with Gasteiger partial charge in [-0.05, 0) is 13.3 Å². The summed E-state index contributed by atoms with van der Waals surface area (Å²) in [5.41, 5.74) is 0. The predicted molar refractivity (Wildman–Crippen MR) is 49.1 cm³/mol. The molecule has 5 heteroatoms. The highest BCUT2D eigenvalue weighted by molar-refractivity contribution is 5.72. The molecular weight excluding hydrogens is 184 g/mol. The summed E-state index contributed by atoms with van der Waals surface area (Å²) in [6, 6.07) is 1.73. The van der Waals surface area contributed by atoms with Crippen LogP contribution in [0.1, 0.15) is 13.3 Å². The summed E-state index contributed by atoms with van der Waals surface area (Å²) in [7, 11) is 0. The zero-order valence-corrected chi connectivity index (χ0v) is 7.88. The zero-order chi connectivity index (χ0) is 10.1. The van der Waals surface area contributed by atoms with Gasteiger partial charge in [-0.15, -0.1) is 0 Å². The molecule has 0 bridgehead atoms. The average molecular weight is 196 g/mol. The minimum Gasteiger partial charge on any atom is -0.481 e. The minimum atomic E-state index is -0.733. The third kappa shape index (κ3) is 1.34. The summed E-state index contributed by atoms with van der Waals surface area (Å²) >= 11 is 0. The van der Waals surface area contributed by atoms with Crippen LogP contribution in [-0.4, -0.2) is 28.8 Å². The van der Waals surface area contributed by atoms with Gasteiger partial charge in [-0.1, -0.05) is 5.16 Å². The number of carboxylic acids is 1. The number of hydrogen-bond donors (Lipinski definition) is 1. The lowest BCUT2D eigenvalue weighted by atomic mass is 10.0. The van der Waals surface area contributed by atoms with Crippen LogP contribution in [0, 0.1) is 5.92 Å². The molecule has 5 nitrogen and oxygen atoms in total. The maximum absolute atomic E-state index is 10.9. The zero-order valence-electron chi connectivity index (χ0n) is 7.88. The highest BCUT2D eigenvalue weighted by Crippen LogP contribution is 2.28. The van der Waals surface area contributed by atoms with E-state index in [1.54, 1.807) is 6.07 Å². The number of anilines is 1. The molecule has 0 amide bonds. The molecule has 0 saturated carbocycles. The van der Waals surface area contributed by atoms with E-state index in [1.165, 1.54) is 6.26 Å². The average Bonchev–Trinajstić information content (AvgIpc) is 2.71. The van der Waals surface area contributed by atoms with Crippen LogP contribution in [0.4, 0.5) is 5.82 Å². The second-order valence-corrected chi connectivity index (χ2v) is 3.53. The van der Waals surface area contributed by atoms with Crippen molar-refractivity contribution in [2.24, 2.45) is 5.92 Å². The summed E-state index contributed by atoms with van der Waals surface area (Å²) in [5, 5.41) is 12.7. The lowest BCUT2D eigenvalue weighted by Crippen LogP contribution is -2.33. The van der Waals surface area contributed by atoms with E-state index in [0.717, 1.165) is 12.4 Å². The van der Waals surface area contributed by atoms with Gasteiger partial charge in [0, 0.05) is 18.7 Å². The molecule has 14 heavy (non-hydrogen) atoms. The maximum Gasteiger partial charge on any atom is 0.308 e. The highest BCUT2D eigenvalue weighted by Gasteiger charge is 2.36. The summed E-state index contributed by atoms with van der Waals surface area (Å²) in [6.07, 6.45) is 2.17. The molecule has 76 valence electrons. The van der Waals surface area contributed by atoms with Gasteiger partial charge in [0.1, 0.15) is 6.26 Å². The van der Waals surface area contributed by atoms with Gasteiger partial charge in [-0.2, -0.15) is 0 Å². The first-order valence-corrected chi connectivity index (χ1v) is 4.60. The molecule has 1 aliphatic heterocycles. The summed E-state index contributed by atoms with van der Waals surface area (Å²) in [5.74, 6) is -0.309. The molecule has 0 aliphatic carbocycles. The number of hydrogen-bond acceptors (Lipinski definition) is 4. The van der Waals surface area contributed by atoms with Crippen LogP contribution in [0.2, 0.25) is 0 Å². The topological polar surface area (TPSA) is 66.6 Å². The second-order valence-electron chi connectivity index (χ2n) is 3.53. The van der Waals surface area contributed by atoms with Gasteiger partial charge < -0.3 is 14.5 Å². The van der Waals surface area contributed by atoms with Gasteiger partial charge in [-0.25, -0.2) is 0 Å². The second kappa shape index (κ2) is 3.32. The molecule has 0 aromatic carbocycles. The van der Waals surface area contributed by atoms with Gasteiger partial charge in [0.2, 0.25) is 0 Å². The molecule has 2 rings (SSSR count). The van der Waals surface area contributed by atoms with E-state index in [9.17, 15) is 4.79 Å². The summed E-state index contributed by atoms with van der Waals surface area (Å²) in [4.78, 5) is 12.8. The minimum absolute atomic E-state index is 0.0161. The molecule has 1 N–H and O–H groups in total. The fourth-order valence-electron chi connectivity index (χ4n) is 1.95. The van der Waals surface area contributed by atoms with Crippen molar-refractivity contribution in [3.63, 3.8) is 0 Å². The molecule has 1 aromatic heterocycles. The SMILES string of the molecule is C[C@@H]1[C@@H](C(=O)O)CCN1c1ccon1. The van der Waals surface area contributed by atoms with E-state index in [1.807, 2.05) is 11.8 Å². The molecule has 2 atom stereocenters. The van der Waals surface area contributed by atoms with Crippen LogP contribution in [0.15, 0.2) is 16.9 Å². The van der Waals surface area contributed by atoms with E-state index < -0.39 is 5.97 Å². The maximum atomic E-state index is 10.9. The standard InChI is InChI=1S/C9H12N2O3/c1-6-7(9(12)13)2-4-11(6)8-3-5-14-10-8/h3,5-7H,2,4H2,1H3,(H,12,13)/t6-,7+/m1/s1. The number of nitrogens with zero attached hydrogens (tertiary/aromatic N) is 2. The molecule has 1 fully saturated rings. The fourth-order valence-corrected chi connectivity index (χ4v) is 1.95. The first-order chi connectivity index (χ1) is 6.70. The molecule has 0 radical (unpaired) electrons. The Bertz CT molecular complexity index is 323. The van der Waals surface area contributed by atoms with E-state index in [-0.39, 0.29) is 12.0 Å². The summed E-state index contributed by atoms with van der Waals surface area (Å²) in [6.45, 7) is 2.63. The number of rotatable bonds is 2. The summed E-state index contributed by atoms with van der Waals surface area (Å²) < 4.78 is 4.73. The van der Waals surface area contributed by atoms with Crippen LogP contribution in [0.3, 0.4) is 0 Å². The molecular formula is C9H12N2O3. The van der Waals surface area contributed by atoms with Crippen molar-refractivity contribution in [1.82, 2.24) is 5.16 Å². The van der Waals surface area contributed by atoms with Crippen molar-refractivity contribution in [1.29, 1.82) is 0 Å². The van der Waals surface area contributed by atoms with E-state index >= 15 is 0 Å². The largest absolute Gasteiger partial charge is 0.481 e. The molecule has 0 unspecified atom stereocenters. The first kappa shape index (κ1) is 9.05. The van der Waals surface area contributed by atoms with E-state index in [0.29, 0.717) is 6.42 Å². The lowest BCUT2D eigenvalue weighted by Gasteiger charge is -2.21. The Labute approximate surface area is 81.3 Å². The van der Waals surface area contributed by atoms with Crippen molar-refractivity contribution >= 4 is 11.8 Å². The van der Waals surface area contributed by atoms with Crippen LogP contribution in [0.5, 0.6) is 0 Å². The third-order valence-corrected chi connectivity index (χ3v) is 2.79. The highest BCUT2D eigenvalue weighted by atomic mass is 16.5. The van der Waals surface area contributed by atoms with E-state index in [4.69, 9.17) is 9.63 Å². The quantitative estimate of drug-likeness (QED) is 0.763. The van der Waals surface area contributed by atoms with Crippen molar-refractivity contribution < 1.29 is 14.4 Å². The van der Waals surface area contributed by atoms with Crippen molar-refractivity contribution in [3.8, 4) is 0 Å². The Morgan fingerprint density at radius 1 is 1.79 bits per heavy atom. The number of aromatic nitrogens is 1.